The molecule has 0 saturated carbocycles. The van der Waals surface area contributed by atoms with Gasteiger partial charge in [0.2, 0.25) is 21.7 Å². The van der Waals surface area contributed by atoms with E-state index in [2.05, 4.69) is 14.9 Å². The highest BCUT2D eigenvalue weighted by molar-refractivity contribution is 7.89. The molecule has 130 valence electrons. The van der Waals surface area contributed by atoms with Crippen LogP contribution in [-0.4, -0.2) is 18.6 Å². The predicted molar refractivity (Wildman–Crippen MR) is 95.0 cm³/mol. The molecule has 2 aromatic carbocycles. The number of halogens is 2. The summed E-state index contributed by atoms with van der Waals surface area (Å²) in [5, 5.41) is 4.67. The van der Waals surface area contributed by atoms with Crippen molar-refractivity contribution in [2.45, 2.75) is 18.4 Å². The van der Waals surface area contributed by atoms with Crippen LogP contribution in [0.2, 0.25) is 10.0 Å². The summed E-state index contributed by atoms with van der Waals surface area (Å²) >= 11 is 12.1. The molecule has 9 heteroatoms. The molecule has 0 saturated heterocycles. The quantitative estimate of drug-likeness (QED) is 0.706. The Bertz CT molecular complexity index is 1020. The van der Waals surface area contributed by atoms with Crippen molar-refractivity contribution in [2.24, 2.45) is 0 Å². The van der Waals surface area contributed by atoms with Gasteiger partial charge in [0.05, 0.1) is 16.5 Å². The van der Waals surface area contributed by atoms with Gasteiger partial charge in [-0.15, -0.1) is 0 Å². The fourth-order valence-electron chi connectivity index (χ4n) is 2.06. The lowest BCUT2D eigenvalue weighted by molar-refractivity contribution is 0.376. The first kappa shape index (κ1) is 17.9. The average Bonchev–Trinajstić information content (AvgIpc) is 3.05. The van der Waals surface area contributed by atoms with Gasteiger partial charge >= 0.3 is 0 Å². The Morgan fingerprint density at radius 1 is 1.12 bits per heavy atom. The average molecular weight is 398 g/mol. The molecular formula is C16H13Cl2N3O3S. The summed E-state index contributed by atoms with van der Waals surface area (Å²) in [5.74, 6) is 0.412. The zero-order valence-corrected chi connectivity index (χ0v) is 15.4. The van der Waals surface area contributed by atoms with Crippen LogP contribution in [0.25, 0.3) is 11.4 Å². The minimum Gasteiger partial charge on any atom is -0.338 e. The number of benzene rings is 2. The molecule has 0 unspecified atom stereocenters. The Morgan fingerprint density at radius 2 is 1.88 bits per heavy atom. The van der Waals surface area contributed by atoms with Gasteiger partial charge in [0.1, 0.15) is 0 Å². The number of nitrogens with one attached hydrogen (secondary N) is 1. The van der Waals surface area contributed by atoms with E-state index in [0.29, 0.717) is 15.6 Å². The molecule has 0 aliphatic rings. The van der Waals surface area contributed by atoms with Gasteiger partial charge < -0.3 is 4.52 Å². The van der Waals surface area contributed by atoms with Crippen molar-refractivity contribution in [3.05, 3.63) is 64.0 Å². The zero-order chi connectivity index (χ0) is 18.0. The van der Waals surface area contributed by atoms with Gasteiger partial charge in [-0.1, -0.05) is 46.6 Å². The van der Waals surface area contributed by atoms with Crippen LogP contribution in [0.1, 0.15) is 11.5 Å². The smallest absolute Gasteiger partial charge is 0.242 e. The molecule has 0 aliphatic heterocycles. The summed E-state index contributed by atoms with van der Waals surface area (Å²) in [4.78, 5) is 4.22. The Labute approximate surface area is 154 Å². The largest absolute Gasteiger partial charge is 0.338 e. The third-order valence-electron chi connectivity index (χ3n) is 3.45. The fraction of sp³-hybridized carbons (Fsp3) is 0.125. The number of aromatic nitrogens is 2. The summed E-state index contributed by atoms with van der Waals surface area (Å²) in [6.45, 7) is 1.64. The molecule has 0 spiro atoms. The molecule has 0 fully saturated rings. The maximum atomic E-state index is 12.3. The molecule has 1 heterocycles. The van der Waals surface area contributed by atoms with Gasteiger partial charge in [0.15, 0.2) is 0 Å². The van der Waals surface area contributed by atoms with Gasteiger partial charge in [-0.2, -0.15) is 4.98 Å². The van der Waals surface area contributed by atoms with E-state index < -0.39 is 10.0 Å². The summed E-state index contributed by atoms with van der Waals surface area (Å²) in [6, 6.07) is 11.5. The Kier molecular flexibility index (Phi) is 5.10. The first-order valence-corrected chi connectivity index (χ1v) is 9.44. The monoisotopic (exact) mass is 397 g/mol. The van der Waals surface area contributed by atoms with Crippen molar-refractivity contribution in [1.82, 2.24) is 14.9 Å². The molecule has 1 aromatic heterocycles. The predicted octanol–water partition coefficient (Wildman–Crippen LogP) is 3.83. The van der Waals surface area contributed by atoms with E-state index in [1.54, 1.807) is 37.3 Å². The molecule has 0 aliphatic carbocycles. The number of aryl methyl sites for hydroxylation is 1. The maximum absolute atomic E-state index is 12.3. The van der Waals surface area contributed by atoms with E-state index >= 15 is 0 Å². The molecular weight excluding hydrogens is 385 g/mol. The van der Waals surface area contributed by atoms with E-state index in [9.17, 15) is 8.42 Å². The lowest BCUT2D eigenvalue weighted by atomic mass is 10.2. The standard InChI is InChI=1S/C16H13Cl2N3O3S/c1-10-6-7-11(8-14(10)18)25(22,23)19-9-15-20-16(21-24-15)12-4-2-3-5-13(12)17/h2-8,19H,9H2,1H3. The molecule has 1 N–H and O–H groups in total. The van der Waals surface area contributed by atoms with Gasteiger partial charge in [0.25, 0.3) is 0 Å². The first-order chi connectivity index (χ1) is 11.9. The molecule has 6 nitrogen and oxygen atoms in total. The second kappa shape index (κ2) is 7.13. The van der Waals surface area contributed by atoms with E-state index in [1.165, 1.54) is 12.1 Å². The van der Waals surface area contributed by atoms with Crippen molar-refractivity contribution in [3.63, 3.8) is 0 Å². The van der Waals surface area contributed by atoms with Crippen LogP contribution in [-0.2, 0) is 16.6 Å². The van der Waals surface area contributed by atoms with Gasteiger partial charge in [-0.25, -0.2) is 13.1 Å². The fourth-order valence-corrected chi connectivity index (χ4v) is 3.53. The number of sulfonamides is 1. The Morgan fingerprint density at radius 3 is 2.60 bits per heavy atom. The minimum atomic E-state index is -3.75. The highest BCUT2D eigenvalue weighted by Gasteiger charge is 2.17. The zero-order valence-electron chi connectivity index (χ0n) is 13.0. The number of hydrogen-bond acceptors (Lipinski definition) is 5. The number of rotatable bonds is 5. The summed E-state index contributed by atoms with van der Waals surface area (Å²) in [6.07, 6.45) is 0. The second-order valence-electron chi connectivity index (χ2n) is 5.23. The lowest BCUT2D eigenvalue weighted by Crippen LogP contribution is -2.23. The minimum absolute atomic E-state index is 0.0638. The number of nitrogens with zero attached hydrogens (tertiary/aromatic N) is 2. The van der Waals surface area contributed by atoms with Crippen LogP contribution < -0.4 is 4.72 Å². The van der Waals surface area contributed by atoms with E-state index in [4.69, 9.17) is 27.7 Å². The van der Waals surface area contributed by atoms with Crippen molar-refractivity contribution in [3.8, 4) is 11.4 Å². The Hall–Kier alpha value is -1.93. The molecule has 0 atom stereocenters. The molecule has 0 bridgehead atoms. The van der Waals surface area contributed by atoms with E-state index in [0.717, 1.165) is 5.56 Å². The Balaban J connectivity index is 1.75. The highest BCUT2D eigenvalue weighted by Crippen LogP contribution is 2.25. The van der Waals surface area contributed by atoms with Crippen LogP contribution in [0.15, 0.2) is 51.9 Å². The van der Waals surface area contributed by atoms with Gasteiger partial charge in [0, 0.05) is 10.6 Å². The summed E-state index contributed by atoms with van der Waals surface area (Å²) < 4.78 is 32.1. The second-order valence-corrected chi connectivity index (χ2v) is 7.81. The lowest BCUT2D eigenvalue weighted by Gasteiger charge is -2.06. The van der Waals surface area contributed by atoms with Crippen molar-refractivity contribution in [2.75, 3.05) is 0 Å². The highest BCUT2D eigenvalue weighted by atomic mass is 35.5. The van der Waals surface area contributed by atoms with Crippen LogP contribution in [0.5, 0.6) is 0 Å². The topological polar surface area (TPSA) is 85.1 Å². The first-order valence-electron chi connectivity index (χ1n) is 7.20. The van der Waals surface area contributed by atoms with E-state index in [-0.39, 0.29) is 23.2 Å². The van der Waals surface area contributed by atoms with Crippen molar-refractivity contribution >= 4 is 33.2 Å². The number of hydrogen-bond donors (Lipinski definition) is 1. The van der Waals surface area contributed by atoms with Gasteiger partial charge in [-0.3, -0.25) is 0 Å². The molecule has 0 amide bonds. The molecule has 25 heavy (non-hydrogen) atoms. The molecule has 3 rings (SSSR count). The molecule has 3 aromatic rings. The van der Waals surface area contributed by atoms with Crippen LogP contribution in [0.4, 0.5) is 0 Å². The maximum Gasteiger partial charge on any atom is 0.242 e. The van der Waals surface area contributed by atoms with Crippen LogP contribution in [0.3, 0.4) is 0 Å². The third-order valence-corrected chi connectivity index (χ3v) is 5.59. The van der Waals surface area contributed by atoms with Crippen molar-refractivity contribution in [1.29, 1.82) is 0 Å². The van der Waals surface area contributed by atoms with Gasteiger partial charge in [-0.05, 0) is 36.8 Å². The van der Waals surface area contributed by atoms with Crippen LogP contribution in [0, 0.1) is 6.92 Å². The van der Waals surface area contributed by atoms with Crippen molar-refractivity contribution < 1.29 is 12.9 Å². The normalized spacial score (nSPS) is 11.6. The third kappa shape index (κ3) is 4.01. The summed E-state index contributed by atoms with van der Waals surface area (Å²) in [7, 11) is -3.75. The van der Waals surface area contributed by atoms with E-state index in [1.807, 2.05) is 0 Å². The summed E-state index contributed by atoms with van der Waals surface area (Å²) in [5.41, 5.74) is 1.40. The molecule has 0 radical (unpaired) electrons. The SMILES string of the molecule is Cc1ccc(S(=O)(=O)NCc2nc(-c3ccccc3Cl)no2)cc1Cl. The van der Waals surface area contributed by atoms with Crippen LogP contribution >= 0.6 is 23.2 Å².